The zero-order valence-corrected chi connectivity index (χ0v) is 17.2. The molecule has 0 radical (unpaired) electrons. The molecule has 4 rings (SSSR count). The maximum Gasteiger partial charge on any atom is 0.307 e. The van der Waals surface area contributed by atoms with Crippen LogP contribution in [0.2, 0.25) is 0 Å². The van der Waals surface area contributed by atoms with Crippen LogP contribution in [0.4, 0.5) is 16.6 Å². The molecule has 3 aromatic rings. The van der Waals surface area contributed by atoms with E-state index in [1.165, 1.54) is 28.4 Å². The van der Waals surface area contributed by atoms with Crippen LogP contribution in [0.5, 0.6) is 5.75 Å². The third-order valence-electron chi connectivity index (χ3n) is 4.81. The quantitative estimate of drug-likeness (QED) is 0.437. The summed E-state index contributed by atoms with van der Waals surface area (Å²) in [7, 11) is 1.57. The SMILES string of the molecule is CCNc1nc2c(s1)[C@H](c1ccc(OC)c(Cn3cc([N+](=O)[O-])cn3)c1)CC(=O)N2. The molecule has 0 unspecified atom stereocenters. The van der Waals surface area contributed by atoms with E-state index in [-0.39, 0.29) is 17.5 Å². The summed E-state index contributed by atoms with van der Waals surface area (Å²) in [4.78, 5) is 28.2. The van der Waals surface area contributed by atoms with Crippen molar-refractivity contribution in [3.05, 3.63) is 56.7 Å². The Hall–Kier alpha value is -3.47. The highest BCUT2D eigenvalue weighted by molar-refractivity contribution is 7.16. The van der Waals surface area contributed by atoms with Crippen LogP contribution in [0.25, 0.3) is 0 Å². The third kappa shape index (κ3) is 3.83. The lowest BCUT2D eigenvalue weighted by Crippen LogP contribution is -2.22. The lowest BCUT2D eigenvalue weighted by molar-refractivity contribution is -0.385. The summed E-state index contributed by atoms with van der Waals surface area (Å²) < 4.78 is 6.96. The Balaban J connectivity index is 1.69. The minimum atomic E-state index is -0.481. The van der Waals surface area contributed by atoms with Crippen LogP contribution in [0.1, 0.15) is 35.3 Å². The fourth-order valence-electron chi connectivity index (χ4n) is 3.46. The van der Waals surface area contributed by atoms with Crippen LogP contribution >= 0.6 is 11.3 Å². The summed E-state index contributed by atoms with van der Waals surface area (Å²) in [5, 5.41) is 21.8. The smallest absolute Gasteiger partial charge is 0.307 e. The van der Waals surface area contributed by atoms with Gasteiger partial charge in [-0.25, -0.2) is 4.98 Å². The van der Waals surface area contributed by atoms with Crippen molar-refractivity contribution >= 4 is 33.9 Å². The minimum absolute atomic E-state index is 0.0701. The Labute approximate surface area is 176 Å². The van der Waals surface area contributed by atoms with Gasteiger partial charge in [-0.3, -0.25) is 19.6 Å². The van der Waals surface area contributed by atoms with E-state index in [1.54, 1.807) is 7.11 Å². The van der Waals surface area contributed by atoms with Gasteiger partial charge < -0.3 is 15.4 Å². The van der Waals surface area contributed by atoms with Crippen molar-refractivity contribution in [1.82, 2.24) is 14.8 Å². The number of nitrogens with zero attached hydrogens (tertiary/aromatic N) is 4. The molecular formula is C19H20N6O4S. The number of amides is 1. The molecule has 2 aromatic heterocycles. The van der Waals surface area contributed by atoms with Crippen LogP contribution in [0.3, 0.4) is 0 Å². The second-order valence-corrected chi connectivity index (χ2v) is 7.82. The predicted molar refractivity (Wildman–Crippen MR) is 112 cm³/mol. The molecule has 0 saturated carbocycles. The van der Waals surface area contributed by atoms with Crippen LogP contribution in [0, 0.1) is 10.1 Å². The van der Waals surface area contributed by atoms with Crippen molar-refractivity contribution in [2.45, 2.75) is 25.8 Å². The molecule has 30 heavy (non-hydrogen) atoms. The van der Waals surface area contributed by atoms with Gasteiger partial charge in [0.25, 0.3) is 0 Å². The molecule has 0 bridgehead atoms. The number of benzene rings is 1. The van der Waals surface area contributed by atoms with Crippen molar-refractivity contribution in [2.75, 3.05) is 24.3 Å². The van der Waals surface area contributed by atoms with Crippen molar-refractivity contribution in [1.29, 1.82) is 0 Å². The van der Waals surface area contributed by atoms with Gasteiger partial charge in [-0.05, 0) is 24.6 Å². The number of hydrogen-bond donors (Lipinski definition) is 2. The lowest BCUT2D eigenvalue weighted by Gasteiger charge is -2.22. The summed E-state index contributed by atoms with van der Waals surface area (Å²) in [6, 6.07) is 5.75. The van der Waals surface area contributed by atoms with Gasteiger partial charge in [0.15, 0.2) is 5.13 Å². The monoisotopic (exact) mass is 428 g/mol. The molecule has 1 aromatic carbocycles. The number of nitrogens with one attached hydrogen (secondary N) is 2. The Morgan fingerprint density at radius 3 is 3.00 bits per heavy atom. The first-order chi connectivity index (χ1) is 14.5. The minimum Gasteiger partial charge on any atom is -0.496 e. The number of carbonyl (C=O) groups is 1. The molecule has 156 valence electrons. The summed E-state index contributed by atoms with van der Waals surface area (Å²) in [5.41, 5.74) is 1.70. The van der Waals surface area contributed by atoms with Gasteiger partial charge in [0.1, 0.15) is 24.0 Å². The predicted octanol–water partition coefficient (Wildman–Crippen LogP) is 3.21. The fraction of sp³-hybridized carbons (Fsp3) is 0.316. The molecule has 0 saturated heterocycles. The normalized spacial score (nSPS) is 15.4. The molecule has 10 nitrogen and oxygen atoms in total. The number of rotatable bonds is 7. The van der Waals surface area contributed by atoms with Crippen molar-refractivity contribution in [2.24, 2.45) is 0 Å². The first kappa shape index (κ1) is 19.8. The van der Waals surface area contributed by atoms with Gasteiger partial charge in [0.05, 0.1) is 23.5 Å². The molecule has 1 amide bonds. The van der Waals surface area contributed by atoms with E-state index in [0.717, 1.165) is 27.7 Å². The lowest BCUT2D eigenvalue weighted by atomic mass is 9.90. The molecule has 1 aliphatic rings. The third-order valence-corrected chi connectivity index (χ3v) is 5.94. The summed E-state index contributed by atoms with van der Waals surface area (Å²) >= 11 is 1.53. The highest BCUT2D eigenvalue weighted by Crippen LogP contribution is 2.43. The number of aromatic nitrogens is 3. The number of thiazole rings is 1. The Morgan fingerprint density at radius 2 is 2.30 bits per heavy atom. The van der Waals surface area contributed by atoms with Crippen LogP contribution in [-0.2, 0) is 11.3 Å². The zero-order chi connectivity index (χ0) is 21.3. The average Bonchev–Trinajstić information content (AvgIpc) is 3.34. The van der Waals surface area contributed by atoms with Gasteiger partial charge in [-0.2, -0.15) is 5.10 Å². The Bertz CT molecular complexity index is 1110. The van der Waals surface area contributed by atoms with Crippen LogP contribution in [0.15, 0.2) is 30.6 Å². The number of anilines is 2. The van der Waals surface area contributed by atoms with E-state index < -0.39 is 4.92 Å². The fourth-order valence-corrected chi connectivity index (χ4v) is 4.58. The molecule has 0 aliphatic carbocycles. The van der Waals surface area contributed by atoms with E-state index in [0.29, 0.717) is 24.5 Å². The molecule has 2 N–H and O–H groups in total. The van der Waals surface area contributed by atoms with E-state index in [2.05, 4.69) is 20.7 Å². The number of methoxy groups -OCH3 is 1. The van der Waals surface area contributed by atoms with Crippen LogP contribution in [-0.4, -0.2) is 39.2 Å². The first-order valence-corrected chi connectivity index (χ1v) is 10.2. The van der Waals surface area contributed by atoms with Gasteiger partial charge in [0, 0.05) is 24.4 Å². The molecule has 3 heterocycles. The largest absolute Gasteiger partial charge is 0.496 e. The van der Waals surface area contributed by atoms with E-state index in [9.17, 15) is 14.9 Å². The number of hydrogen-bond acceptors (Lipinski definition) is 8. The topological polar surface area (TPSA) is 124 Å². The van der Waals surface area contributed by atoms with Crippen LogP contribution < -0.4 is 15.4 Å². The molecule has 1 aliphatic heterocycles. The van der Waals surface area contributed by atoms with E-state index >= 15 is 0 Å². The molecule has 1 atom stereocenters. The summed E-state index contributed by atoms with van der Waals surface area (Å²) in [6.07, 6.45) is 2.91. The summed E-state index contributed by atoms with van der Waals surface area (Å²) in [6.45, 7) is 3.04. The van der Waals surface area contributed by atoms with E-state index in [1.807, 2.05) is 25.1 Å². The highest BCUT2D eigenvalue weighted by Gasteiger charge is 2.30. The van der Waals surface area contributed by atoms with Crippen molar-refractivity contribution < 1.29 is 14.5 Å². The maximum absolute atomic E-state index is 12.3. The number of carbonyl (C=O) groups excluding carboxylic acids is 1. The van der Waals surface area contributed by atoms with Gasteiger partial charge in [0.2, 0.25) is 5.91 Å². The molecule has 0 spiro atoms. The number of ether oxygens (including phenoxy) is 1. The Morgan fingerprint density at radius 1 is 1.47 bits per heavy atom. The van der Waals surface area contributed by atoms with Crippen molar-refractivity contribution in [3.8, 4) is 5.75 Å². The maximum atomic E-state index is 12.3. The highest BCUT2D eigenvalue weighted by atomic mass is 32.1. The second kappa shape index (κ2) is 8.11. The van der Waals surface area contributed by atoms with Gasteiger partial charge >= 0.3 is 5.69 Å². The second-order valence-electron chi connectivity index (χ2n) is 6.79. The number of nitro groups is 1. The van der Waals surface area contributed by atoms with Crippen molar-refractivity contribution in [3.63, 3.8) is 0 Å². The first-order valence-electron chi connectivity index (χ1n) is 9.36. The molecule has 0 fully saturated rings. The van der Waals surface area contributed by atoms with E-state index in [4.69, 9.17) is 4.74 Å². The average molecular weight is 428 g/mol. The summed E-state index contributed by atoms with van der Waals surface area (Å²) in [5.74, 6) is 1.03. The Kier molecular flexibility index (Phi) is 5.36. The zero-order valence-electron chi connectivity index (χ0n) is 16.4. The van der Waals surface area contributed by atoms with Gasteiger partial charge in [-0.15, -0.1) is 0 Å². The molecule has 11 heteroatoms. The number of fused-ring (bicyclic) bond motifs is 1. The standard InChI is InChI=1S/C19H20N6O4S/c1-3-20-19-23-18-17(30-19)14(7-16(26)22-18)11-4-5-15(29-2)12(6-11)9-24-10-13(8-21-24)25(27)28/h4-6,8,10,14H,3,7,9H2,1-2H3,(H,20,23)(H,22,26)/t14-/m0/s1. The van der Waals surface area contributed by atoms with Gasteiger partial charge in [-0.1, -0.05) is 17.4 Å². The molecular weight excluding hydrogens is 408 g/mol.